The van der Waals surface area contributed by atoms with Crippen molar-refractivity contribution in [3.05, 3.63) is 35.9 Å². The van der Waals surface area contributed by atoms with Gasteiger partial charge in [0, 0.05) is 13.0 Å². The van der Waals surface area contributed by atoms with Gasteiger partial charge in [0.05, 0.1) is 0 Å². The van der Waals surface area contributed by atoms with E-state index in [1.54, 1.807) is 24.3 Å². The monoisotopic (exact) mass is 292 g/mol. The molecule has 0 aromatic heterocycles. The summed E-state index contributed by atoms with van der Waals surface area (Å²) < 4.78 is 0. The van der Waals surface area contributed by atoms with Gasteiger partial charge in [-0.2, -0.15) is 0 Å². The molecule has 116 valence electrons. The first-order valence-corrected chi connectivity index (χ1v) is 7.30. The number of hydrogen-bond donors (Lipinski definition) is 2. The van der Waals surface area contributed by atoms with E-state index < -0.39 is 12.0 Å². The molecule has 0 aliphatic heterocycles. The summed E-state index contributed by atoms with van der Waals surface area (Å²) in [6.07, 6.45) is 2.52. The predicted molar refractivity (Wildman–Crippen MR) is 82.0 cm³/mol. The second kappa shape index (κ2) is 9.13. The van der Waals surface area contributed by atoms with Gasteiger partial charge in [0.2, 0.25) is 5.91 Å². The van der Waals surface area contributed by atoms with Crippen LogP contribution in [0.4, 0.5) is 0 Å². The molecule has 0 spiro atoms. The highest BCUT2D eigenvalue weighted by molar-refractivity contribution is 5.84. The summed E-state index contributed by atoms with van der Waals surface area (Å²) in [6, 6.07) is 7.75. The second-order valence-electron chi connectivity index (χ2n) is 5.16. The molecule has 0 aliphatic carbocycles. The summed E-state index contributed by atoms with van der Waals surface area (Å²) in [6.45, 7) is 3.70. The van der Waals surface area contributed by atoms with Crippen molar-refractivity contribution in [3.8, 4) is 0 Å². The third-order valence-electron chi connectivity index (χ3n) is 3.30. The number of benzene rings is 1. The lowest BCUT2D eigenvalue weighted by Crippen LogP contribution is -2.35. The first kappa shape index (κ1) is 17.2. The number of hydrogen-bond acceptors (Lipinski definition) is 3. The van der Waals surface area contributed by atoms with Crippen LogP contribution in [0.15, 0.2) is 30.3 Å². The number of carbonyl (C=O) groups excluding carboxylic acids is 1. The minimum atomic E-state index is -1.05. The van der Waals surface area contributed by atoms with Crippen molar-refractivity contribution in [1.82, 2.24) is 10.2 Å². The largest absolute Gasteiger partial charge is 0.479 e. The molecule has 1 amide bonds. The number of unbranched alkanes of at least 4 members (excludes halogenated alkanes) is 1. The van der Waals surface area contributed by atoms with E-state index in [0.29, 0.717) is 18.5 Å². The Labute approximate surface area is 126 Å². The molecular weight excluding hydrogens is 268 g/mol. The standard InChI is InChI=1S/C16H24N2O3/c1-3-4-11-18(2)12-10-14(19)17-15(16(20)21)13-8-6-5-7-9-13/h5-9,15H,3-4,10-12H2,1-2H3,(H,17,19)(H,20,21). The van der Waals surface area contributed by atoms with Crippen LogP contribution in [0.25, 0.3) is 0 Å². The van der Waals surface area contributed by atoms with Gasteiger partial charge in [-0.25, -0.2) is 4.79 Å². The molecule has 0 aliphatic rings. The van der Waals surface area contributed by atoms with Crippen molar-refractivity contribution in [3.63, 3.8) is 0 Å². The molecule has 0 heterocycles. The topological polar surface area (TPSA) is 69.6 Å². The van der Waals surface area contributed by atoms with Crippen LogP contribution in [0, 0.1) is 0 Å². The first-order valence-electron chi connectivity index (χ1n) is 7.30. The van der Waals surface area contributed by atoms with E-state index >= 15 is 0 Å². The Morgan fingerprint density at radius 1 is 1.24 bits per heavy atom. The SMILES string of the molecule is CCCCN(C)CCC(=O)NC(C(=O)O)c1ccccc1. The van der Waals surface area contributed by atoms with E-state index in [0.717, 1.165) is 19.4 Å². The van der Waals surface area contributed by atoms with Gasteiger partial charge < -0.3 is 15.3 Å². The maximum atomic E-state index is 11.9. The summed E-state index contributed by atoms with van der Waals surface area (Å²) in [5, 5.41) is 11.8. The van der Waals surface area contributed by atoms with Crippen LogP contribution in [-0.2, 0) is 9.59 Å². The molecular formula is C16H24N2O3. The maximum absolute atomic E-state index is 11.9. The molecule has 5 nitrogen and oxygen atoms in total. The van der Waals surface area contributed by atoms with Crippen LogP contribution < -0.4 is 5.32 Å². The van der Waals surface area contributed by atoms with Gasteiger partial charge in [-0.15, -0.1) is 0 Å². The van der Waals surface area contributed by atoms with E-state index in [2.05, 4.69) is 17.1 Å². The lowest BCUT2D eigenvalue weighted by Gasteiger charge is -2.18. The smallest absolute Gasteiger partial charge is 0.330 e. The van der Waals surface area contributed by atoms with Crippen molar-refractivity contribution in [1.29, 1.82) is 0 Å². The zero-order valence-corrected chi connectivity index (χ0v) is 12.7. The molecule has 21 heavy (non-hydrogen) atoms. The molecule has 5 heteroatoms. The molecule has 2 N–H and O–H groups in total. The van der Waals surface area contributed by atoms with Gasteiger partial charge in [-0.3, -0.25) is 4.79 Å². The van der Waals surface area contributed by atoms with E-state index in [9.17, 15) is 14.7 Å². The number of aliphatic carboxylic acids is 1. The van der Waals surface area contributed by atoms with Crippen LogP contribution in [-0.4, -0.2) is 42.0 Å². The normalized spacial score (nSPS) is 12.1. The zero-order chi connectivity index (χ0) is 15.7. The number of nitrogens with zero attached hydrogens (tertiary/aromatic N) is 1. The van der Waals surface area contributed by atoms with E-state index in [4.69, 9.17) is 0 Å². The summed E-state index contributed by atoms with van der Waals surface area (Å²) in [5.74, 6) is -1.29. The fourth-order valence-electron chi connectivity index (χ4n) is 2.00. The van der Waals surface area contributed by atoms with Crippen LogP contribution in [0.2, 0.25) is 0 Å². The number of nitrogens with one attached hydrogen (secondary N) is 1. The van der Waals surface area contributed by atoms with E-state index in [-0.39, 0.29) is 5.91 Å². The minimum Gasteiger partial charge on any atom is -0.479 e. The van der Waals surface area contributed by atoms with Crippen LogP contribution in [0.5, 0.6) is 0 Å². The van der Waals surface area contributed by atoms with Gasteiger partial charge in [0.25, 0.3) is 0 Å². The third-order valence-corrected chi connectivity index (χ3v) is 3.30. The summed E-state index contributed by atoms with van der Waals surface area (Å²) in [7, 11) is 1.97. The second-order valence-corrected chi connectivity index (χ2v) is 5.16. The average Bonchev–Trinajstić information content (AvgIpc) is 2.49. The van der Waals surface area contributed by atoms with Gasteiger partial charge in [0.15, 0.2) is 6.04 Å². The number of amides is 1. The Morgan fingerprint density at radius 3 is 2.48 bits per heavy atom. The fraction of sp³-hybridized carbons (Fsp3) is 0.500. The van der Waals surface area contributed by atoms with Crippen molar-refractivity contribution in [2.45, 2.75) is 32.2 Å². The molecule has 0 saturated carbocycles. The lowest BCUT2D eigenvalue weighted by atomic mass is 10.1. The molecule has 1 aromatic carbocycles. The molecule has 1 aromatic rings. The van der Waals surface area contributed by atoms with E-state index in [1.165, 1.54) is 0 Å². The number of carbonyl (C=O) groups is 2. The summed E-state index contributed by atoms with van der Waals surface area (Å²) in [5.41, 5.74) is 0.581. The molecule has 0 bridgehead atoms. The summed E-state index contributed by atoms with van der Waals surface area (Å²) >= 11 is 0. The fourth-order valence-corrected chi connectivity index (χ4v) is 2.00. The van der Waals surface area contributed by atoms with Crippen molar-refractivity contribution in [2.75, 3.05) is 20.1 Å². The Bertz CT molecular complexity index is 448. The van der Waals surface area contributed by atoms with Crippen molar-refractivity contribution in [2.24, 2.45) is 0 Å². The highest BCUT2D eigenvalue weighted by atomic mass is 16.4. The minimum absolute atomic E-state index is 0.241. The molecule has 1 atom stereocenters. The average molecular weight is 292 g/mol. The van der Waals surface area contributed by atoms with Crippen molar-refractivity contribution < 1.29 is 14.7 Å². The molecule has 0 fully saturated rings. The maximum Gasteiger partial charge on any atom is 0.330 e. The van der Waals surface area contributed by atoms with Gasteiger partial charge in [-0.1, -0.05) is 43.7 Å². The van der Waals surface area contributed by atoms with Crippen LogP contribution in [0.3, 0.4) is 0 Å². The molecule has 0 radical (unpaired) electrons. The lowest BCUT2D eigenvalue weighted by molar-refractivity contribution is -0.142. The highest BCUT2D eigenvalue weighted by Crippen LogP contribution is 2.12. The third kappa shape index (κ3) is 6.40. The van der Waals surface area contributed by atoms with Gasteiger partial charge in [0.1, 0.15) is 0 Å². The van der Waals surface area contributed by atoms with Crippen molar-refractivity contribution >= 4 is 11.9 Å². The van der Waals surface area contributed by atoms with Crippen LogP contribution >= 0.6 is 0 Å². The molecule has 1 unspecified atom stereocenters. The Balaban J connectivity index is 2.49. The highest BCUT2D eigenvalue weighted by Gasteiger charge is 2.21. The molecule has 1 rings (SSSR count). The number of rotatable bonds is 9. The van der Waals surface area contributed by atoms with Crippen LogP contribution in [0.1, 0.15) is 37.8 Å². The zero-order valence-electron chi connectivity index (χ0n) is 12.7. The van der Waals surface area contributed by atoms with E-state index in [1.807, 2.05) is 13.1 Å². The Hall–Kier alpha value is -1.88. The molecule has 0 saturated heterocycles. The number of carboxylic acid groups (broad SMARTS) is 1. The Morgan fingerprint density at radius 2 is 1.90 bits per heavy atom. The quantitative estimate of drug-likeness (QED) is 0.731. The predicted octanol–water partition coefficient (Wildman–Crippen LogP) is 2.05. The van der Waals surface area contributed by atoms with Gasteiger partial charge in [-0.05, 0) is 25.6 Å². The van der Waals surface area contributed by atoms with Gasteiger partial charge >= 0.3 is 5.97 Å². The Kier molecular flexibility index (Phi) is 7.46. The number of carboxylic acids is 1. The first-order chi connectivity index (χ1) is 10.0. The summed E-state index contributed by atoms with van der Waals surface area (Å²) in [4.78, 5) is 25.3.